The van der Waals surface area contributed by atoms with Gasteiger partial charge in [-0.1, -0.05) is 23.4 Å². The molecule has 1 aliphatic rings. The average Bonchev–Trinajstić information content (AvgIpc) is 3.35. The highest BCUT2D eigenvalue weighted by molar-refractivity contribution is 5.89. The van der Waals surface area contributed by atoms with Crippen molar-refractivity contribution < 1.29 is 14.1 Å². The monoisotopic (exact) mass is 393 g/mol. The lowest BCUT2D eigenvalue weighted by atomic mass is 10.1. The van der Waals surface area contributed by atoms with Crippen molar-refractivity contribution in [2.75, 3.05) is 26.0 Å². The molecular formula is C21H23N5O3. The molecule has 150 valence electrons. The Morgan fingerprint density at radius 3 is 2.66 bits per heavy atom. The normalized spacial score (nSPS) is 19.1. The molecule has 3 aromatic rings. The summed E-state index contributed by atoms with van der Waals surface area (Å²) in [6.07, 6.45) is 0.697. The van der Waals surface area contributed by atoms with E-state index in [0.29, 0.717) is 24.7 Å². The van der Waals surface area contributed by atoms with Gasteiger partial charge in [0.05, 0.1) is 13.2 Å². The zero-order valence-corrected chi connectivity index (χ0v) is 16.3. The lowest BCUT2D eigenvalue weighted by Gasteiger charge is -2.14. The highest BCUT2D eigenvalue weighted by Gasteiger charge is 2.35. The molecule has 4 rings (SSSR count). The van der Waals surface area contributed by atoms with Crippen LogP contribution in [0.5, 0.6) is 5.75 Å². The maximum absolute atomic E-state index is 12.3. The second-order valence-corrected chi connectivity index (χ2v) is 7.04. The first-order valence-electron chi connectivity index (χ1n) is 9.43. The van der Waals surface area contributed by atoms with Gasteiger partial charge in [0.1, 0.15) is 5.75 Å². The Bertz CT molecular complexity index is 958. The molecule has 2 atom stereocenters. The third kappa shape index (κ3) is 4.38. The second-order valence-electron chi connectivity index (χ2n) is 7.04. The molecule has 1 aliphatic heterocycles. The Hall–Kier alpha value is -3.39. The van der Waals surface area contributed by atoms with Crippen LogP contribution in [0.15, 0.2) is 59.1 Å². The third-order valence-corrected chi connectivity index (χ3v) is 4.99. The van der Waals surface area contributed by atoms with E-state index in [2.05, 4.69) is 25.7 Å². The quantitative estimate of drug-likeness (QED) is 0.691. The van der Waals surface area contributed by atoms with Crippen molar-refractivity contribution in [3.8, 4) is 17.1 Å². The van der Waals surface area contributed by atoms with Crippen LogP contribution in [0, 0.1) is 0 Å². The van der Waals surface area contributed by atoms with Crippen molar-refractivity contribution in [1.29, 1.82) is 0 Å². The number of carbonyl (C=O) groups is 1. The van der Waals surface area contributed by atoms with E-state index in [1.807, 2.05) is 61.6 Å². The van der Waals surface area contributed by atoms with Crippen LogP contribution in [0.1, 0.15) is 18.4 Å². The van der Waals surface area contributed by atoms with E-state index in [1.165, 1.54) is 0 Å². The molecule has 8 heteroatoms. The first-order valence-corrected chi connectivity index (χ1v) is 9.43. The van der Waals surface area contributed by atoms with Crippen molar-refractivity contribution in [3.63, 3.8) is 0 Å². The second kappa shape index (κ2) is 8.32. The van der Waals surface area contributed by atoms with Gasteiger partial charge in [-0.3, -0.25) is 4.90 Å². The fraction of sp³-hybridized carbons (Fsp3) is 0.286. The van der Waals surface area contributed by atoms with Crippen molar-refractivity contribution in [2.24, 2.45) is 0 Å². The fourth-order valence-electron chi connectivity index (χ4n) is 3.49. The summed E-state index contributed by atoms with van der Waals surface area (Å²) in [5.74, 6) is 1.86. The average molecular weight is 393 g/mol. The number of nitrogens with zero attached hydrogens (tertiary/aromatic N) is 3. The first-order chi connectivity index (χ1) is 14.1. The predicted molar refractivity (Wildman–Crippen MR) is 109 cm³/mol. The number of rotatable bonds is 5. The van der Waals surface area contributed by atoms with Crippen LogP contribution in [-0.2, 0) is 0 Å². The molecule has 0 bridgehead atoms. The number of hydrogen-bond acceptors (Lipinski definition) is 6. The summed E-state index contributed by atoms with van der Waals surface area (Å²) in [4.78, 5) is 18.9. The Balaban J connectivity index is 1.38. The molecule has 1 saturated heterocycles. The van der Waals surface area contributed by atoms with Gasteiger partial charge in [-0.25, -0.2) is 4.79 Å². The largest absolute Gasteiger partial charge is 0.497 e. The summed E-state index contributed by atoms with van der Waals surface area (Å²) >= 11 is 0. The summed E-state index contributed by atoms with van der Waals surface area (Å²) < 4.78 is 10.7. The van der Waals surface area contributed by atoms with Gasteiger partial charge in [0.25, 0.3) is 0 Å². The fourth-order valence-corrected chi connectivity index (χ4v) is 3.49. The summed E-state index contributed by atoms with van der Waals surface area (Å²) in [6, 6.07) is 16.6. The number of benzene rings is 2. The highest BCUT2D eigenvalue weighted by Crippen LogP contribution is 2.31. The maximum atomic E-state index is 12.3. The number of para-hydroxylation sites is 1. The molecule has 0 saturated carbocycles. The number of aromatic nitrogens is 2. The van der Waals surface area contributed by atoms with E-state index in [1.54, 1.807) is 7.11 Å². The number of anilines is 1. The van der Waals surface area contributed by atoms with Crippen LogP contribution in [0.25, 0.3) is 11.4 Å². The number of nitrogens with one attached hydrogen (secondary N) is 2. The van der Waals surface area contributed by atoms with Gasteiger partial charge in [-0.2, -0.15) is 4.98 Å². The van der Waals surface area contributed by atoms with Crippen molar-refractivity contribution >= 4 is 11.7 Å². The van der Waals surface area contributed by atoms with Crippen LogP contribution < -0.4 is 15.4 Å². The molecule has 0 aliphatic carbocycles. The van der Waals surface area contributed by atoms with Gasteiger partial charge < -0.3 is 19.9 Å². The molecule has 29 heavy (non-hydrogen) atoms. The number of likely N-dealkylation sites (N-methyl/N-ethyl adjacent to an activating group) is 1. The lowest BCUT2D eigenvalue weighted by Crippen LogP contribution is -2.39. The molecule has 0 radical (unpaired) electrons. The summed E-state index contributed by atoms with van der Waals surface area (Å²) in [6.45, 7) is 0.702. The first kappa shape index (κ1) is 18.9. The Morgan fingerprint density at radius 2 is 1.93 bits per heavy atom. The van der Waals surface area contributed by atoms with Gasteiger partial charge in [0.2, 0.25) is 11.7 Å². The molecule has 2 aromatic carbocycles. The summed E-state index contributed by atoms with van der Waals surface area (Å²) in [7, 11) is 3.61. The van der Waals surface area contributed by atoms with Gasteiger partial charge in [0, 0.05) is 23.8 Å². The number of hydrogen-bond donors (Lipinski definition) is 2. The zero-order valence-electron chi connectivity index (χ0n) is 16.3. The number of amides is 2. The summed E-state index contributed by atoms with van der Waals surface area (Å²) in [5, 5.41) is 9.97. The van der Waals surface area contributed by atoms with E-state index in [9.17, 15) is 4.79 Å². The molecule has 2 N–H and O–H groups in total. The van der Waals surface area contributed by atoms with Crippen LogP contribution in [-0.4, -0.2) is 47.8 Å². The van der Waals surface area contributed by atoms with E-state index in [-0.39, 0.29) is 18.1 Å². The minimum Gasteiger partial charge on any atom is -0.497 e. The maximum Gasteiger partial charge on any atom is 0.319 e. The lowest BCUT2D eigenvalue weighted by molar-refractivity contribution is 0.243. The topological polar surface area (TPSA) is 92.5 Å². The van der Waals surface area contributed by atoms with E-state index < -0.39 is 0 Å². The minimum absolute atomic E-state index is 0.00921. The van der Waals surface area contributed by atoms with Crippen molar-refractivity contribution in [1.82, 2.24) is 20.4 Å². The molecule has 2 amide bonds. The van der Waals surface area contributed by atoms with Gasteiger partial charge in [-0.05, 0) is 49.9 Å². The number of methoxy groups -OCH3 is 1. The molecular weight excluding hydrogens is 370 g/mol. The van der Waals surface area contributed by atoms with Crippen molar-refractivity contribution in [3.05, 3.63) is 60.5 Å². The molecule has 8 nitrogen and oxygen atoms in total. The molecule has 1 aromatic heterocycles. The Kier molecular flexibility index (Phi) is 5.44. The van der Waals surface area contributed by atoms with E-state index >= 15 is 0 Å². The van der Waals surface area contributed by atoms with Crippen LogP contribution in [0.3, 0.4) is 0 Å². The number of urea groups is 1. The SMILES string of the molecule is COc1ccc(-c2noc([C@@H]3C[C@H](NC(=O)Nc4ccccc4)CN3C)n2)cc1. The van der Waals surface area contributed by atoms with E-state index in [4.69, 9.17) is 9.26 Å². The molecule has 1 fully saturated rings. The number of likely N-dealkylation sites (tertiary alicyclic amines) is 1. The van der Waals surface area contributed by atoms with Crippen LogP contribution >= 0.6 is 0 Å². The number of ether oxygens (including phenoxy) is 1. The van der Waals surface area contributed by atoms with Gasteiger partial charge in [0.15, 0.2) is 0 Å². The minimum atomic E-state index is -0.222. The van der Waals surface area contributed by atoms with Crippen molar-refractivity contribution in [2.45, 2.75) is 18.5 Å². The highest BCUT2D eigenvalue weighted by atomic mass is 16.5. The summed E-state index contributed by atoms with van der Waals surface area (Å²) in [5.41, 5.74) is 1.62. The molecule has 0 spiro atoms. The Labute approximate surface area is 168 Å². The van der Waals surface area contributed by atoms with E-state index in [0.717, 1.165) is 17.0 Å². The van der Waals surface area contributed by atoms with Gasteiger partial charge in [-0.15, -0.1) is 0 Å². The van der Waals surface area contributed by atoms with Gasteiger partial charge >= 0.3 is 6.03 Å². The smallest absolute Gasteiger partial charge is 0.319 e. The number of carbonyl (C=O) groups excluding carboxylic acids is 1. The zero-order chi connectivity index (χ0) is 20.2. The molecule has 2 heterocycles. The molecule has 0 unspecified atom stereocenters. The standard InChI is InChI=1S/C21H23N5O3/c1-26-13-16(23-21(27)22-15-6-4-3-5-7-15)12-18(26)20-24-19(25-29-20)14-8-10-17(28-2)11-9-14/h3-11,16,18H,12-13H2,1-2H3,(H2,22,23,27)/t16-,18-/m0/s1. The van der Waals surface area contributed by atoms with Crippen LogP contribution in [0.2, 0.25) is 0 Å². The Morgan fingerprint density at radius 1 is 1.17 bits per heavy atom. The third-order valence-electron chi connectivity index (χ3n) is 4.99. The predicted octanol–water partition coefficient (Wildman–Crippen LogP) is 3.31. The van der Waals surface area contributed by atoms with Crippen LogP contribution in [0.4, 0.5) is 10.5 Å².